The summed E-state index contributed by atoms with van der Waals surface area (Å²) in [6.07, 6.45) is 1.13. The number of H-pyrrole nitrogens is 2. The van der Waals surface area contributed by atoms with Crippen molar-refractivity contribution in [1.29, 1.82) is 0 Å². The standard InChI is InChI=1S/C57H83N19O18S/c1-29(77)67-42(23-45(61)80)57(94)71-36(13-16-46(81)82)51(88)69-35(12-15-44(60)79)52(89)75-41(22-32-26-64-28-66-32)56(93)74-39(20-30-8-4-3-5-9-30)54(91)76-40(21-31-25-63-27-65-31)55(92)70-34(11-14-43(59)78)50(87)68-33(10-6-7-18-58)49(86)72-37(17-19-95-2)53(90)73-38(48(62)85)24-47(83)84/h3-5,8-9,25-28,33-42H,6-7,10-24,58H2,1-2H3,(H2,59,78)(H2,60,79)(H2,61,80)(H2,62,85)(H,63,65)(H,64,66)(H,67,77)(H,68,87)(H,69,88)(H,70,92)(H,71,94)(H,72,86)(H,73,90)(H,74,93)(H,75,89)(H,76,91)(H,81,82)(H,83,84)/t33-,34-,35-,36-,37-,38-,39-,40-,41-,42-/m0/s1. The number of nitrogens with zero attached hydrogens (tertiary/aromatic N) is 2. The summed E-state index contributed by atoms with van der Waals surface area (Å²) in [5.41, 5.74) is 28.2. The zero-order valence-electron chi connectivity index (χ0n) is 52.1. The molecule has 24 N–H and O–H groups in total. The Labute approximate surface area is 547 Å². The molecule has 38 heteroatoms. The molecule has 0 aliphatic heterocycles. The van der Waals surface area contributed by atoms with Crippen molar-refractivity contribution in [2.45, 2.75) is 164 Å². The molecule has 37 nitrogen and oxygen atoms in total. The number of unbranched alkanes of at least 4 members (excludes halogenated alkanes) is 1. The van der Waals surface area contributed by atoms with Gasteiger partial charge in [0.1, 0.15) is 60.4 Å². The molecule has 520 valence electrons. The largest absolute Gasteiger partial charge is 0.481 e. The van der Waals surface area contributed by atoms with Crippen molar-refractivity contribution in [3.05, 3.63) is 72.3 Å². The third-order valence-corrected chi connectivity index (χ3v) is 14.6. The van der Waals surface area contributed by atoms with Crippen molar-refractivity contribution < 1.29 is 86.9 Å². The summed E-state index contributed by atoms with van der Waals surface area (Å²) < 4.78 is 0. The van der Waals surface area contributed by atoms with E-state index >= 15 is 0 Å². The van der Waals surface area contributed by atoms with Crippen LogP contribution in [0.5, 0.6) is 0 Å². The molecule has 0 saturated heterocycles. The van der Waals surface area contributed by atoms with Crippen LogP contribution in [-0.4, -0.2) is 204 Å². The van der Waals surface area contributed by atoms with Gasteiger partial charge in [-0.25, -0.2) is 9.97 Å². The number of hydrogen-bond acceptors (Lipinski definition) is 20. The predicted molar refractivity (Wildman–Crippen MR) is 335 cm³/mol. The second kappa shape index (κ2) is 41.1. The van der Waals surface area contributed by atoms with Crippen molar-refractivity contribution in [2.75, 3.05) is 18.6 Å². The number of carbonyl (C=O) groups is 16. The number of carbonyl (C=O) groups excluding carboxylic acids is 14. The number of hydrogen-bond donors (Lipinski definition) is 19. The zero-order valence-corrected chi connectivity index (χ0v) is 52.9. The quantitative estimate of drug-likeness (QED) is 0.0234. The molecule has 0 spiro atoms. The third-order valence-electron chi connectivity index (χ3n) is 14.0. The molecule has 0 fully saturated rings. The number of aromatic amines is 2. The lowest BCUT2D eigenvalue weighted by molar-refractivity contribution is -0.140. The molecule has 95 heavy (non-hydrogen) atoms. The molecular formula is C57H83N19O18S. The molecule has 3 rings (SSSR count). The Bertz CT molecular complexity index is 3120. The highest BCUT2D eigenvalue weighted by molar-refractivity contribution is 7.98. The van der Waals surface area contributed by atoms with Crippen LogP contribution in [0.4, 0.5) is 0 Å². The minimum atomic E-state index is -1.77. The van der Waals surface area contributed by atoms with Gasteiger partial charge in [-0.05, 0) is 69.1 Å². The Morgan fingerprint density at radius 2 is 0.821 bits per heavy atom. The van der Waals surface area contributed by atoms with E-state index in [9.17, 15) is 86.9 Å². The van der Waals surface area contributed by atoms with Crippen molar-refractivity contribution in [3.63, 3.8) is 0 Å². The van der Waals surface area contributed by atoms with Crippen LogP contribution in [0, 0.1) is 0 Å². The van der Waals surface area contributed by atoms with Gasteiger partial charge in [0.25, 0.3) is 0 Å². The number of aliphatic carboxylic acids is 2. The Kier molecular flexibility index (Phi) is 34.1. The monoisotopic (exact) mass is 1350 g/mol. The molecular weight excluding hydrogens is 1270 g/mol. The average Bonchev–Trinajstić information content (AvgIpc) is 1.46. The van der Waals surface area contributed by atoms with Gasteiger partial charge in [0, 0.05) is 69.2 Å². The summed E-state index contributed by atoms with van der Waals surface area (Å²) in [5.74, 6) is -17.1. The summed E-state index contributed by atoms with van der Waals surface area (Å²) in [4.78, 5) is 225. The lowest BCUT2D eigenvalue weighted by atomic mass is 10.0. The van der Waals surface area contributed by atoms with Crippen LogP contribution in [0.25, 0.3) is 0 Å². The summed E-state index contributed by atoms with van der Waals surface area (Å²) >= 11 is 1.29. The third kappa shape index (κ3) is 30.2. The lowest BCUT2D eigenvalue weighted by Crippen LogP contribution is -2.61. The van der Waals surface area contributed by atoms with Gasteiger partial charge >= 0.3 is 11.9 Å². The van der Waals surface area contributed by atoms with E-state index in [1.807, 2.05) is 0 Å². The summed E-state index contributed by atoms with van der Waals surface area (Å²) in [5, 5.41) is 43.1. The molecule has 0 bridgehead atoms. The van der Waals surface area contributed by atoms with E-state index in [0.717, 1.165) is 6.92 Å². The molecule has 10 atom stereocenters. The Balaban J connectivity index is 2.05. The van der Waals surface area contributed by atoms with Gasteiger partial charge in [0.2, 0.25) is 82.7 Å². The van der Waals surface area contributed by atoms with Crippen LogP contribution >= 0.6 is 11.8 Å². The smallest absolute Gasteiger partial charge is 0.305 e. The fourth-order valence-electron chi connectivity index (χ4n) is 9.13. The molecule has 0 radical (unpaired) electrons. The highest BCUT2D eigenvalue weighted by Gasteiger charge is 2.37. The van der Waals surface area contributed by atoms with E-state index in [0.29, 0.717) is 12.0 Å². The van der Waals surface area contributed by atoms with Crippen LogP contribution in [0.1, 0.15) is 101 Å². The van der Waals surface area contributed by atoms with Crippen molar-refractivity contribution in [3.8, 4) is 0 Å². The van der Waals surface area contributed by atoms with E-state index in [2.05, 4.69) is 73.1 Å². The van der Waals surface area contributed by atoms with Gasteiger partial charge in [-0.2, -0.15) is 11.8 Å². The van der Waals surface area contributed by atoms with E-state index in [-0.39, 0.29) is 55.8 Å². The second-order valence-corrected chi connectivity index (χ2v) is 22.7. The van der Waals surface area contributed by atoms with Gasteiger partial charge < -0.3 is 102 Å². The molecule has 1 aromatic carbocycles. The fourth-order valence-corrected chi connectivity index (χ4v) is 9.60. The van der Waals surface area contributed by atoms with E-state index < -0.39 is 213 Å². The Hall–Kier alpha value is -10.5. The maximum Gasteiger partial charge on any atom is 0.305 e. The molecule has 3 aromatic rings. The first-order chi connectivity index (χ1) is 45.0. The fraction of sp³-hybridized carbons (Fsp3) is 0.509. The van der Waals surface area contributed by atoms with E-state index in [1.165, 1.54) is 36.8 Å². The molecule has 0 aliphatic rings. The predicted octanol–water partition coefficient (Wildman–Crippen LogP) is -6.86. The summed E-state index contributed by atoms with van der Waals surface area (Å²) in [7, 11) is 0. The minimum Gasteiger partial charge on any atom is -0.481 e. The highest BCUT2D eigenvalue weighted by Crippen LogP contribution is 2.13. The number of nitrogens with two attached hydrogens (primary N) is 5. The first kappa shape index (κ1) is 78.7. The van der Waals surface area contributed by atoms with Crippen molar-refractivity contribution >= 4 is 106 Å². The lowest BCUT2D eigenvalue weighted by Gasteiger charge is -2.28. The van der Waals surface area contributed by atoms with Gasteiger partial charge in [-0.3, -0.25) is 76.7 Å². The number of primary amides is 4. The number of thioether (sulfide) groups is 1. The molecule has 0 saturated carbocycles. The first-order valence-electron chi connectivity index (χ1n) is 29.8. The second-order valence-electron chi connectivity index (χ2n) is 21.7. The minimum absolute atomic E-state index is 0.0413. The van der Waals surface area contributed by atoms with Gasteiger partial charge in [0.15, 0.2) is 0 Å². The topological polar surface area (TPSA) is 621 Å². The van der Waals surface area contributed by atoms with Gasteiger partial charge in [-0.15, -0.1) is 0 Å². The number of benzene rings is 1. The number of aromatic nitrogens is 4. The van der Waals surface area contributed by atoms with E-state index in [4.69, 9.17) is 28.7 Å². The average molecular weight is 1350 g/mol. The number of nitrogens with one attached hydrogen (secondary N) is 12. The van der Waals surface area contributed by atoms with Crippen molar-refractivity contribution in [2.24, 2.45) is 28.7 Å². The van der Waals surface area contributed by atoms with Gasteiger partial charge in [-0.1, -0.05) is 30.3 Å². The normalized spacial score (nSPS) is 14.1. The first-order valence-corrected chi connectivity index (χ1v) is 31.1. The zero-order chi connectivity index (χ0) is 70.7. The van der Waals surface area contributed by atoms with Crippen molar-refractivity contribution in [1.82, 2.24) is 73.1 Å². The molecule has 0 unspecified atom stereocenters. The molecule has 2 heterocycles. The Morgan fingerprint density at radius 1 is 0.442 bits per heavy atom. The molecule has 14 amide bonds. The Morgan fingerprint density at radius 3 is 1.18 bits per heavy atom. The van der Waals surface area contributed by atoms with Gasteiger partial charge in [0.05, 0.1) is 25.5 Å². The SMILES string of the molecule is CSCC[C@H](NC(=O)[C@H](CCCCN)NC(=O)[C@H](CCC(N)=O)NC(=O)[C@H](Cc1cnc[nH]1)NC(=O)[C@H](Cc1ccccc1)NC(=O)[C@H](Cc1cnc[nH]1)NC(=O)[C@H](CCC(N)=O)NC(=O)[C@H](CCC(=O)O)NC(=O)[C@H](CC(N)=O)NC(C)=O)C(=O)N[C@@H](CC(=O)O)C(N)=O. The maximum atomic E-state index is 14.9. The highest BCUT2D eigenvalue weighted by atomic mass is 32.2. The number of rotatable bonds is 46. The number of amides is 14. The van der Waals surface area contributed by atoms with Crippen LogP contribution in [0.2, 0.25) is 0 Å². The van der Waals surface area contributed by atoms with Crippen LogP contribution in [0.3, 0.4) is 0 Å². The number of carboxylic acid groups (broad SMARTS) is 2. The molecule has 0 aliphatic carbocycles. The summed E-state index contributed by atoms with van der Waals surface area (Å²) in [6.45, 7) is 1.19. The van der Waals surface area contributed by atoms with E-state index in [1.54, 1.807) is 36.6 Å². The number of imidazole rings is 2. The summed E-state index contributed by atoms with van der Waals surface area (Å²) in [6, 6.07) is -8.23. The van der Waals surface area contributed by atoms with Crippen LogP contribution < -0.4 is 81.8 Å². The molecule has 2 aromatic heterocycles. The van der Waals surface area contributed by atoms with Crippen LogP contribution in [0.15, 0.2) is 55.4 Å². The maximum absolute atomic E-state index is 14.9. The van der Waals surface area contributed by atoms with Crippen LogP contribution in [-0.2, 0) is 96.0 Å². The number of carboxylic acids is 2.